The van der Waals surface area contributed by atoms with E-state index in [4.69, 9.17) is 0 Å². The molecule has 0 aliphatic heterocycles. The van der Waals surface area contributed by atoms with Crippen molar-refractivity contribution in [3.63, 3.8) is 0 Å². The molecule has 1 heterocycles. The lowest BCUT2D eigenvalue weighted by molar-refractivity contribution is 0.649. The van der Waals surface area contributed by atoms with Gasteiger partial charge in [-0.05, 0) is 29.5 Å². The summed E-state index contributed by atoms with van der Waals surface area (Å²) in [7, 11) is 0. The zero-order valence-electron chi connectivity index (χ0n) is 8.93. The molecule has 0 saturated heterocycles. The highest BCUT2D eigenvalue weighted by Crippen LogP contribution is 2.19. The van der Waals surface area contributed by atoms with E-state index in [0.29, 0.717) is 0 Å². The van der Waals surface area contributed by atoms with E-state index in [1.165, 1.54) is 11.1 Å². The molecule has 1 aromatic heterocycles. The van der Waals surface area contributed by atoms with Gasteiger partial charge >= 0.3 is 0 Å². The van der Waals surface area contributed by atoms with E-state index < -0.39 is 0 Å². The fourth-order valence-corrected chi connectivity index (χ4v) is 2.65. The summed E-state index contributed by atoms with van der Waals surface area (Å²) in [5.41, 5.74) is 2.57. The van der Waals surface area contributed by atoms with Crippen LogP contribution in [0.5, 0.6) is 0 Å². The first-order valence-corrected chi connectivity index (χ1v) is 7.08. The topological polar surface area (TPSA) is 30.7 Å². The molecule has 1 aromatic carbocycles. The van der Waals surface area contributed by atoms with Crippen molar-refractivity contribution in [1.29, 1.82) is 0 Å². The van der Waals surface area contributed by atoms with Crippen molar-refractivity contribution in [2.24, 2.45) is 0 Å². The van der Waals surface area contributed by atoms with Crippen LogP contribution in [0.4, 0.5) is 0 Å². The summed E-state index contributed by atoms with van der Waals surface area (Å²) in [6.45, 7) is 0.765. The number of hydrogen-bond acceptors (Lipinski definition) is 3. The van der Waals surface area contributed by atoms with E-state index in [1.54, 1.807) is 6.20 Å². The van der Waals surface area contributed by atoms with E-state index in [0.717, 1.165) is 16.8 Å². The zero-order chi connectivity index (χ0) is 11.4. The maximum atomic E-state index is 3.96. The highest BCUT2D eigenvalue weighted by molar-refractivity contribution is 9.10. The summed E-state index contributed by atoms with van der Waals surface area (Å²) in [5.74, 6) is 1.03. The molecule has 3 nitrogen and oxygen atoms in total. The second-order valence-corrected chi connectivity index (χ2v) is 5.28. The minimum Gasteiger partial charge on any atom is -0.248 e. The van der Waals surface area contributed by atoms with Gasteiger partial charge in [0, 0.05) is 16.4 Å². The molecule has 0 atom stereocenters. The quantitative estimate of drug-likeness (QED) is 0.869. The van der Waals surface area contributed by atoms with E-state index >= 15 is 0 Å². The van der Waals surface area contributed by atoms with Crippen LogP contribution in [0.2, 0.25) is 0 Å². The monoisotopic (exact) mass is 297 g/mol. The van der Waals surface area contributed by atoms with Crippen LogP contribution >= 0.6 is 27.7 Å². The molecule has 0 radical (unpaired) electrons. The number of aromatic nitrogens is 3. The maximum absolute atomic E-state index is 3.96. The van der Waals surface area contributed by atoms with Gasteiger partial charge in [-0.1, -0.05) is 27.2 Å². The Balaban J connectivity index is 2.20. The van der Waals surface area contributed by atoms with Gasteiger partial charge in [-0.15, -0.1) is 5.10 Å². The first kappa shape index (κ1) is 11.7. The van der Waals surface area contributed by atoms with Crippen LogP contribution in [0.25, 0.3) is 0 Å². The third-order valence-corrected chi connectivity index (χ3v) is 3.22. The Morgan fingerprint density at radius 2 is 2.12 bits per heavy atom. The number of thioether (sulfide) groups is 1. The van der Waals surface area contributed by atoms with Crippen molar-refractivity contribution >= 4 is 27.7 Å². The summed E-state index contributed by atoms with van der Waals surface area (Å²) in [6, 6.07) is 6.48. The van der Waals surface area contributed by atoms with Crippen LogP contribution in [-0.4, -0.2) is 21.2 Å². The molecule has 0 bridgehead atoms. The molecule has 0 amide bonds. The highest BCUT2D eigenvalue weighted by atomic mass is 79.9. The number of benzene rings is 1. The third-order valence-electron chi connectivity index (χ3n) is 2.14. The van der Waals surface area contributed by atoms with E-state index in [-0.39, 0.29) is 0 Å². The minimum atomic E-state index is 0.765. The Labute approximate surface area is 107 Å². The first-order chi connectivity index (χ1) is 7.78. The normalized spacial score (nSPS) is 10.6. The largest absolute Gasteiger partial charge is 0.248 e. The summed E-state index contributed by atoms with van der Waals surface area (Å²) >= 11 is 5.36. The molecular formula is C11H12BrN3S. The smallest absolute Gasteiger partial charge is 0.0693 e. The van der Waals surface area contributed by atoms with Crippen LogP contribution in [0.3, 0.4) is 0 Å². The van der Waals surface area contributed by atoms with Crippen molar-refractivity contribution in [2.75, 3.05) is 6.26 Å². The van der Waals surface area contributed by atoms with Crippen LogP contribution in [-0.2, 0) is 12.3 Å². The van der Waals surface area contributed by atoms with Gasteiger partial charge in [-0.3, -0.25) is 0 Å². The molecule has 2 rings (SSSR count). The number of halogens is 1. The molecule has 0 saturated carbocycles. The lowest BCUT2D eigenvalue weighted by Crippen LogP contribution is -2.01. The third kappa shape index (κ3) is 3.09. The van der Waals surface area contributed by atoms with Gasteiger partial charge in [0.1, 0.15) is 0 Å². The van der Waals surface area contributed by atoms with Gasteiger partial charge in [0.2, 0.25) is 0 Å². The van der Waals surface area contributed by atoms with E-state index in [1.807, 2.05) is 22.6 Å². The van der Waals surface area contributed by atoms with Crippen molar-refractivity contribution < 1.29 is 0 Å². The van der Waals surface area contributed by atoms with E-state index in [2.05, 4.69) is 50.7 Å². The summed E-state index contributed by atoms with van der Waals surface area (Å²) in [4.78, 5) is 0. The molecule has 0 N–H and O–H groups in total. The molecule has 5 heteroatoms. The molecule has 0 aliphatic rings. The Kier molecular flexibility index (Phi) is 4.01. The van der Waals surface area contributed by atoms with Gasteiger partial charge in [-0.2, -0.15) is 11.8 Å². The van der Waals surface area contributed by atoms with Gasteiger partial charge in [0.25, 0.3) is 0 Å². The Hall–Kier alpha value is -0.810. The minimum absolute atomic E-state index is 0.765. The van der Waals surface area contributed by atoms with Crippen molar-refractivity contribution in [1.82, 2.24) is 15.0 Å². The van der Waals surface area contributed by atoms with Crippen molar-refractivity contribution in [3.8, 4) is 0 Å². The second-order valence-electron chi connectivity index (χ2n) is 3.50. The Morgan fingerprint density at radius 3 is 2.81 bits per heavy atom. The summed E-state index contributed by atoms with van der Waals surface area (Å²) < 4.78 is 2.94. The Morgan fingerprint density at radius 1 is 1.31 bits per heavy atom. The summed E-state index contributed by atoms with van der Waals surface area (Å²) in [6.07, 6.45) is 5.67. The first-order valence-electron chi connectivity index (χ1n) is 4.89. The van der Waals surface area contributed by atoms with E-state index in [9.17, 15) is 0 Å². The lowest BCUT2D eigenvalue weighted by atomic mass is 10.1. The fourth-order valence-electron chi connectivity index (χ4n) is 1.56. The molecular weight excluding hydrogens is 286 g/mol. The van der Waals surface area contributed by atoms with Crippen molar-refractivity contribution in [2.45, 2.75) is 12.3 Å². The molecule has 0 spiro atoms. The Bertz CT molecular complexity index is 456. The van der Waals surface area contributed by atoms with Crippen molar-refractivity contribution in [3.05, 3.63) is 46.2 Å². The molecule has 0 aliphatic carbocycles. The highest BCUT2D eigenvalue weighted by Gasteiger charge is 2.01. The molecule has 2 aromatic rings. The lowest BCUT2D eigenvalue weighted by Gasteiger charge is -2.06. The standard InChI is InChI=1S/C11H12BrN3S/c1-16-8-10-4-9(5-11(12)6-10)7-15-3-2-13-14-15/h2-6H,7-8H2,1H3. The maximum Gasteiger partial charge on any atom is 0.0693 e. The molecule has 0 fully saturated rings. The van der Waals surface area contributed by atoms with Crippen LogP contribution in [0, 0.1) is 0 Å². The predicted octanol–water partition coefficient (Wildman–Crippen LogP) is 2.95. The van der Waals surface area contributed by atoms with Gasteiger partial charge in [0.05, 0.1) is 12.7 Å². The second kappa shape index (κ2) is 5.50. The average molecular weight is 298 g/mol. The van der Waals surface area contributed by atoms with Gasteiger partial charge < -0.3 is 0 Å². The molecule has 0 unspecified atom stereocenters. The number of rotatable bonds is 4. The fraction of sp³-hybridized carbons (Fsp3) is 0.273. The number of nitrogens with zero attached hydrogens (tertiary/aromatic N) is 3. The zero-order valence-corrected chi connectivity index (χ0v) is 11.3. The summed E-state index contributed by atoms with van der Waals surface area (Å²) in [5, 5.41) is 7.76. The van der Waals surface area contributed by atoms with Gasteiger partial charge in [0.15, 0.2) is 0 Å². The predicted molar refractivity (Wildman–Crippen MR) is 70.5 cm³/mol. The van der Waals surface area contributed by atoms with Crippen LogP contribution < -0.4 is 0 Å². The molecule has 16 heavy (non-hydrogen) atoms. The average Bonchev–Trinajstić information content (AvgIpc) is 2.70. The SMILES string of the molecule is CSCc1cc(Br)cc(Cn2ccnn2)c1. The van der Waals surface area contributed by atoms with Crippen LogP contribution in [0.1, 0.15) is 11.1 Å². The molecule has 84 valence electrons. The van der Waals surface area contributed by atoms with Gasteiger partial charge in [-0.25, -0.2) is 4.68 Å². The number of hydrogen-bond donors (Lipinski definition) is 0. The van der Waals surface area contributed by atoms with Crippen LogP contribution in [0.15, 0.2) is 35.1 Å².